The Morgan fingerprint density at radius 1 is 1.26 bits per heavy atom. The van der Waals surface area contributed by atoms with E-state index in [0.717, 1.165) is 28.4 Å². The van der Waals surface area contributed by atoms with E-state index in [1.54, 1.807) is 0 Å². The van der Waals surface area contributed by atoms with Crippen molar-refractivity contribution in [2.24, 2.45) is 0 Å². The smallest absolute Gasteiger partial charge is 0.122 e. The summed E-state index contributed by atoms with van der Waals surface area (Å²) in [4.78, 5) is 0. The van der Waals surface area contributed by atoms with Gasteiger partial charge in [0.1, 0.15) is 12.4 Å². The first kappa shape index (κ1) is 16.3. The van der Waals surface area contributed by atoms with E-state index < -0.39 is 0 Å². The molecule has 0 aliphatic rings. The lowest BCUT2D eigenvalue weighted by Crippen LogP contribution is -2.38. The molecular formula is C16H26ClNO. The van der Waals surface area contributed by atoms with E-state index in [9.17, 15) is 0 Å². The van der Waals surface area contributed by atoms with Crippen molar-refractivity contribution in [1.82, 2.24) is 5.32 Å². The largest absolute Gasteiger partial charge is 0.492 e. The molecule has 0 spiro atoms. The van der Waals surface area contributed by atoms with E-state index in [1.807, 2.05) is 13.0 Å². The Bertz CT molecular complexity index is 421. The monoisotopic (exact) mass is 283 g/mol. The molecule has 1 aromatic rings. The van der Waals surface area contributed by atoms with Crippen molar-refractivity contribution in [1.29, 1.82) is 0 Å². The number of benzene rings is 1. The average Bonchev–Trinajstić information content (AvgIpc) is 2.24. The van der Waals surface area contributed by atoms with Crippen LogP contribution in [0, 0.1) is 6.92 Å². The molecule has 0 aliphatic carbocycles. The summed E-state index contributed by atoms with van der Waals surface area (Å²) in [7, 11) is 0. The van der Waals surface area contributed by atoms with E-state index in [-0.39, 0.29) is 5.54 Å². The third kappa shape index (κ3) is 5.42. The summed E-state index contributed by atoms with van der Waals surface area (Å²) in [6, 6.07) is 4.06. The van der Waals surface area contributed by atoms with Crippen LogP contribution in [-0.4, -0.2) is 18.7 Å². The summed E-state index contributed by atoms with van der Waals surface area (Å²) < 4.78 is 5.86. The lowest BCUT2D eigenvalue weighted by molar-refractivity contribution is 0.289. The molecule has 0 unspecified atom stereocenters. The van der Waals surface area contributed by atoms with Crippen LogP contribution in [0.3, 0.4) is 0 Å². The van der Waals surface area contributed by atoms with Crippen molar-refractivity contribution < 1.29 is 4.74 Å². The number of halogens is 1. The summed E-state index contributed by atoms with van der Waals surface area (Å²) in [5.74, 6) is 1.34. The Morgan fingerprint density at radius 3 is 2.42 bits per heavy atom. The van der Waals surface area contributed by atoms with Crippen LogP contribution in [0.2, 0.25) is 5.02 Å². The van der Waals surface area contributed by atoms with Crippen molar-refractivity contribution >= 4 is 11.6 Å². The van der Waals surface area contributed by atoms with Crippen LogP contribution in [0.4, 0.5) is 0 Å². The van der Waals surface area contributed by atoms with Crippen molar-refractivity contribution in [3.63, 3.8) is 0 Å². The van der Waals surface area contributed by atoms with Gasteiger partial charge in [-0.05, 0) is 56.9 Å². The van der Waals surface area contributed by atoms with Gasteiger partial charge in [-0.2, -0.15) is 0 Å². The molecule has 108 valence electrons. The van der Waals surface area contributed by atoms with Crippen molar-refractivity contribution in [2.75, 3.05) is 13.2 Å². The topological polar surface area (TPSA) is 21.3 Å². The van der Waals surface area contributed by atoms with E-state index in [4.69, 9.17) is 16.3 Å². The number of nitrogens with one attached hydrogen (secondary N) is 1. The normalized spacial score (nSPS) is 12.0. The van der Waals surface area contributed by atoms with Gasteiger partial charge in [-0.15, -0.1) is 0 Å². The van der Waals surface area contributed by atoms with Crippen LogP contribution in [0.5, 0.6) is 5.75 Å². The highest BCUT2D eigenvalue weighted by molar-refractivity contribution is 6.31. The first-order valence-corrected chi connectivity index (χ1v) is 7.26. The Morgan fingerprint density at radius 2 is 1.89 bits per heavy atom. The van der Waals surface area contributed by atoms with Crippen molar-refractivity contribution in [2.45, 2.75) is 53.0 Å². The predicted octanol–water partition coefficient (Wildman–Crippen LogP) is 4.54. The zero-order chi connectivity index (χ0) is 14.6. The van der Waals surface area contributed by atoms with Gasteiger partial charge < -0.3 is 10.1 Å². The minimum absolute atomic E-state index is 0.126. The average molecular weight is 284 g/mol. The highest BCUT2D eigenvalue weighted by Gasteiger charge is 2.11. The SMILES string of the molecule is Cc1cc(Cl)c(C(C)C)cc1OCCNC(C)(C)C. The molecule has 2 nitrogen and oxygen atoms in total. The van der Waals surface area contributed by atoms with E-state index in [2.05, 4.69) is 46.0 Å². The van der Waals surface area contributed by atoms with E-state index in [1.165, 1.54) is 0 Å². The molecule has 0 fully saturated rings. The third-order valence-corrected chi connectivity index (χ3v) is 3.26. The highest BCUT2D eigenvalue weighted by Crippen LogP contribution is 2.31. The first-order chi connectivity index (χ1) is 8.70. The highest BCUT2D eigenvalue weighted by atomic mass is 35.5. The van der Waals surface area contributed by atoms with Gasteiger partial charge in [-0.25, -0.2) is 0 Å². The molecular weight excluding hydrogens is 258 g/mol. The first-order valence-electron chi connectivity index (χ1n) is 6.88. The van der Waals surface area contributed by atoms with Crippen LogP contribution < -0.4 is 10.1 Å². The second-order valence-electron chi connectivity index (χ2n) is 6.32. The quantitative estimate of drug-likeness (QED) is 0.801. The van der Waals surface area contributed by atoms with Crippen molar-refractivity contribution in [3.8, 4) is 5.75 Å². The van der Waals surface area contributed by atoms with Gasteiger partial charge in [-0.3, -0.25) is 0 Å². The number of hydrogen-bond donors (Lipinski definition) is 1. The van der Waals surface area contributed by atoms with Gasteiger partial charge in [0.05, 0.1) is 0 Å². The molecule has 0 aliphatic heterocycles. The molecule has 0 atom stereocenters. The summed E-state index contributed by atoms with van der Waals surface area (Å²) in [5, 5.41) is 4.24. The molecule has 3 heteroatoms. The molecule has 1 N–H and O–H groups in total. The van der Waals surface area contributed by atoms with Crippen LogP contribution in [0.1, 0.15) is 51.7 Å². The number of rotatable bonds is 5. The van der Waals surface area contributed by atoms with Crippen LogP contribution in [0.25, 0.3) is 0 Å². The minimum atomic E-state index is 0.126. The summed E-state index contributed by atoms with van der Waals surface area (Å²) in [5.41, 5.74) is 2.36. The van der Waals surface area contributed by atoms with Crippen molar-refractivity contribution in [3.05, 3.63) is 28.3 Å². The Hall–Kier alpha value is -0.730. The Labute approximate surface area is 122 Å². The molecule has 19 heavy (non-hydrogen) atoms. The Balaban J connectivity index is 2.66. The van der Waals surface area contributed by atoms with Gasteiger partial charge in [0.15, 0.2) is 0 Å². The Kier molecular flexibility index (Phi) is 5.69. The van der Waals surface area contributed by atoms with Gasteiger partial charge in [0, 0.05) is 17.1 Å². The fourth-order valence-electron chi connectivity index (χ4n) is 1.85. The maximum atomic E-state index is 6.25. The fraction of sp³-hybridized carbons (Fsp3) is 0.625. The minimum Gasteiger partial charge on any atom is -0.492 e. The number of hydrogen-bond acceptors (Lipinski definition) is 2. The lowest BCUT2D eigenvalue weighted by Gasteiger charge is -2.21. The molecule has 0 radical (unpaired) electrons. The summed E-state index contributed by atoms with van der Waals surface area (Å²) in [6.07, 6.45) is 0. The van der Waals surface area contributed by atoms with Crippen LogP contribution >= 0.6 is 11.6 Å². The van der Waals surface area contributed by atoms with E-state index in [0.29, 0.717) is 12.5 Å². The molecule has 0 amide bonds. The molecule has 0 saturated heterocycles. The maximum Gasteiger partial charge on any atom is 0.122 e. The predicted molar refractivity (Wildman–Crippen MR) is 83.5 cm³/mol. The second-order valence-corrected chi connectivity index (χ2v) is 6.73. The van der Waals surface area contributed by atoms with Gasteiger partial charge in [-0.1, -0.05) is 25.4 Å². The number of ether oxygens (including phenoxy) is 1. The number of aryl methyl sites for hydroxylation is 1. The zero-order valence-corrected chi connectivity index (χ0v) is 13.7. The maximum absolute atomic E-state index is 6.25. The molecule has 0 saturated carbocycles. The molecule has 1 rings (SSSR count). The zero-order valence-electron chi connectivity index (χ0n) is 12.9. The molecule has 0 heterocycles. The standard InChI is InChI=1S/C16H26ClNO/c1-11(2)13-10-15(12(3)9-14(13)17)19-8-7-18-16(4,5)6/h9-11,18H,7-8H2,1-6H3. The third-order valence-electron chi connectivity index (χ3n) is 2.93. The van der Waals surface area contributed by atoms with Gasteiger partial charge in [0.2, 0.25) is 0 Å². The molecule has 0 bridgehead atoms. The van der Waals surface area contributed by atoms with Crippen LogP contribution in [-0.2, 0) is 0 Å². The summed E-state index contributed by atoms with van der Waals surface area (Å²) in [6.45, 7) is 14.3. The van der Waals surface area contributed by atoms with E-state index >= 15 is 0 Å². The molecule has 1 aromatic carbocycles. The van der Waals surface area contributed by atoms with Gasteiger partial charge in [0.25, 0.3) is 0 Å². The second kappa shape index (κ2) is 6.62. The van der Waals surface area contributed by atoms with Gasteiger partial charge >= 0.3 is 0 Å². The molecule has 0 aromatic heterocycles. The fourth-order valence-corrected chi connectivity index (χ4v) is 2.29. The summed E-state index contributed by atoms with van der Waals surface area (Å²) >= 11 is 6.25. The lowest BCUT2D eigenvalue weighted by atomic mass is 10.0. The van der Waals surface area contributed by atoms with Crippen LogP contribution in [0.15, 0.2) is 12.1 Å².